The molecule has 1 amide bonds. The van der Waals surface area contributed by atoms with Crippen molar-refractivity contribution in [1.82, 2.24) is 9.88 Å². The zero-order valence-corrected chi connectivity index (χ0v) is 14.9. The van der Waals surface area contributed by atoms with Gasteiger partial charge in [-0.3, -0.25) is 9.78 Å². The largest absolute Gasteiger partial charge is 0.331 e. The Kier molecular flexibility index (Phi) is 4.53. The average molecular weight is 342 g/mol. The third kappa shape index (κ3) is 3.25. The van der Waals surface area contributed by atoms with Gasteiger partial charge >= 0.3 is 0 Å². The van der Waals surface area contributed by atoms with E-state index in [0.29, 0.717) is 6.42 Å². The van der Waals surface area contributed by atoms with Crippen LogP contribution in [0.3, 0.4) is 0 Å². The molecule has 0 N–H and O–H groups in total. The Labute approximate surface area is 154 Å². The van der Waals surface area contributed by atoms with Crippen LogP contribution in [0, 0.1) is 6.92 Å². The van der Waals surface area contributed by atoms with Gasteiger partial charge < -0.3 is 4.90 Å². The molecule has 26 heavy (non-hydrogen) atoms. The van der Waals surface area contributed by atoms with Crippen molar-refractivity contribution in [3.05, 3.63) is 101 Å². The molecule has 2 heterocycles. The minimum Gasteiger partial charge on any atom is -0.331 e. The van der Waals surface area contributed by atoms with Gasteiger partial charge in [-0.1, -0.05) is 60.2 Å². The first-order valence-electron chi connectivity index (χ1n) is 9.05. The molecule has 3 nitrogen and oxygen atoms in total. The van der Waals surface area contributed by atoms with Crippen LogP contribution in [0.15, 0.2) is 73.1 Å². The van der Waals surface area contributed by atoms with Gasteiger partial charge in [0, 0.05) is 18.9 Å². The smallest absolute Gasteiger partial charge is 0.227 e. The molecule has 1 atom stereocenters. The molecule has 0 fully saturated rings. The van der Waals surface area contributed by atoms with Crippen molar-refractivity contribution < 1.29 is 4.79 Å². The van der Waals surface area contributed by atoms with Gasteiger partial charge in [0.25, 0.3) is 0 Å². The topological polar surface area (TPSA) is 33.2 Å². The molecular formula is C23H22N2O. The Morgan fingerprint density at radius 2 is 1.96 bits per heavy atom. The first kappa shape index (κ1) is 16.5. The number of rotatable bonds is 3. The highest BCUT2D eigenvalue weighted by molar-refractivity contribution is 5.80. The molecule has 0 spiro atoms. The summed E-state index contributed by atoms with van der Waals surface area (Å²) in [5, 5.41) is 0. The minimum absolute atomic E-state index is 0.0655. The third-order valence-electron chi connectivity index (χ3n) is 5.05. The van der Waals surface area contributed by atoms with E-state index in [1.165, 1.54) is 16.7 Å². The lowest BCUT2D eigenvalue weighted by Gasteiger charge is -2.38. The highest BCUT2D eigenvalue weighted by Gasteiger charge is 2.32. The number of pyridine rings is 1. The first-order valence-corrected chi connectivity index (χ1v) is 9.05. The van der Waals surface area contributed by atoms with Gasteiger partial charge in [0.05, 0.1) is 12.5 Å². The van der Waals surface area contributed by atoms with Crippen molar-refractivity contribution in [3.63, 3.8) is 0 Å². The van der Waals surface area contributed by atoms with Crippen LogP contribution in [-0.4, -0.2) is 22.3 Å². The molecule has 0 saturated heterocycles. The molecule has 1 aliphatic heterocycles. The molecule has 3 heteroatoms. The van der Waals surface area contributed by atoms with Crippen LogP contribution in [-0.2, 0) is 17.6 Å². The van der Waals surface area contributed by atoms with E-state index in [1.807, 2.05) is 47.5 Å². The average Bonchev–Trinajstić information content (AvgIpc) is 2.68. The van der Waals surface area contributed by atoms with Gasteiger partial charge in [-0.15, -0.1) is 0 Å². The highest BCUT2D eigenvalue weighted by Crippen LogP contribution is 2.35. The van der Waals surface area contributed by atoms with Crippen molar-refractivity contribution in [3.8, 4) is 0 Å². The Morgan fingerprint density at radius 1 is 1.12 bits per heavy atom. The number of benzene rings is 2. The number of aryl methyl sites for hydroxylation is 1. The maximum Gasteiger partial charge on any atom is 0.227 e. The summed E-state index contributed by atoms with van der Waals surface area (Å²) in [4.78, 5) is 19.4. The normalized spacial score (nSPS) is 16.2. The molecule has 2 aromatic carbocycles. The van der Waals surface area contributed by atoms with Gasteiger partial charge in [0.2, 0.25) is 5.91 Å². The standard InChI is InChI=1S/C23H22N2O/c1-17-9-10-21-19(14-17)11-13-25(23(21)20-8-5-12-24-16-20)22(26)15-18-6-3-2-4-7-18/h2-10,12,14,16,23H,11,13,15H2,1H3. The van der Waals surface area contributed by atoms with Crippen LogP contribution in [0.4, 0.5) is 0 Å². The van der Waals surface area contributed by atoms with E-state index >= 15 is 0 Å². The molecule has 3 aromatic rings. The number of fused-ring (bicyclic) bond motifs is 1. The maximum atomic E-state index is 13.1. The molecule has 0 saturated carbocycles. The summed E-state index contributed by atoms with van der Waals surface area (Å²) in [6, 6.07) is 20.5. The fraction of sp³-hybridized carbons (Fsp3) is 0.217. The van der Waals surface area contributed by atoms with Gasteiger partial charge in [0.15, 0.2) is 0 Å². The van der Waals surface area contributed by atoms with Crippen LogP contribution in [0.1, 0.15) is 33.9 Å². The van der Waals surface area contributed by atoms with E-state index in [2.05, 4.69) is 36.2 Å². The Balaban J connectivity index is 1.71. The molecule has 1 unspecified atom stereocenters. The summed E-state index contributed by atoms with van der Waals surface area (Å²) in [6.07, 6.45) is 4.98. The fourth-order valence-electron chi connectivity index (χ4n) is 3.79. The molecule has 4 rings (SSSR count). The molecule has 1 aliphatic rings. The van der Waals surface area contributed by atoms with E-state index in [4.69, 9.17) is 0 Å². The Hall–Kier alpha value is -2.94. The summed E-state index contributed by atoms with van der Waals surface area (Å²) < 4.78 is 0. The Bertz CT molecular complexity index is 906. The predicted octanol–water partition coefficient (Wildman–Crippen LogP) is 4.11. The summed E-state index contributed by atoms with van der Waals surface area (Å²) >= 11 is 0. The second-order valence-corrected chi connectivity index (χ2v) is 6.89. The molecule has 0 radical (unpaired) electrons. The zero-order valence-electron chi connectivity index (χ0n) is 14.9. The van der Waals surface area contributed by atoms with Crippen LogP contribution in [0.2, 0.25) is 0 Å². The number of amides is 1. The van der Waals surface area contributed by atoms with E-state index in [9.17, 15) is 4.79 Å². The molecule has 0 bridgehead atoms. The number of aromatic nitrogens is 1. The number of carbonyl (C=O) groups excluding carboxylic acids is 1. The Morgan fingerprint density at radius 3 is 2.73 bits per heavy atom. The summed E-state index contributed by atoms with van der Waals surface area (Å²) in [5.74, 6) is 0.163. The van der Waals surface area contributed by atoms with Gasteiger partial charge in [-0.05, 0) is 41.7 Å². The van der Waals surface area contributed by atoms with Crippen molar-refractivity contribution in [1.29, 1.82) is 0 Å². The SMILES string of the molecule is Cc1ccc2c(c1)CCN(C(=O)Cc1ccccc1)C2c1cccnc1. The number of hydrogen-bond acceptors (Lipinski definition) is 2. The molecule has 130 valence electrons. The van der Waals surface area contributed by atoms with E-state index in [-0.39, 0.29) is 11.9 Å². The maximum absolute atomic E-state index is 13.1. The highest BCUT2D eigenvalue weighted by atomic mass is 16.2. The summed E-state index contributed by atoms with van der Waals surface area (Å²) in [5.41, 5.74) is 5.94. The van der Waals surface area contributed by atoms with Crippen molar-refractivity contribution >= 4 is 5.91 Å². The van der Waals surface area contributed by atoms with Crippen LogP contribution in [0.25, 0.3) is 0 Å². The van der Waals surface area contributed by atoms with Crippen molar-refractivity contribution in [2.24, 2.45) is 0 Å². The molecular weight excluding hydrogens is 320 g/mol. The molecule has 1 aromatic heterocycles. The third-order valence-corrected chi connectivity index (χ3v) is 5.05. The number of hydrogen-bond donors (Lipinski definition) is 0. The van der Waals surface area contributed by atoms with Gasteiger partial charge in [-0.2, -0.15) is 0 Å². The quantitative estimate of drug-likeness (QED) is 0.718. The van der Waals surface area contributed by atoms with Crippen LogP contribution >= 0.6 is 0 Å². The van der Waals surface area contributed by atoms with Crippen LogP contribution < -0.4 is 0 Å². The van der Waals surface area contributed by atoms with E-state index in [0.717, 1.165) is 24.1 Å². The van der Waals surface area contributed by atoms with Crippen molar-refractivity contribution in [2.45, 2.75) is 25.8 Å². The van der Waals surface area contributed by atoms with E-state index < -0.39 is 0 Å². The first-order chi connectivity index (χ1) is 12.7. The minimum atomic E-state index is -0.0655. The summed E-state index contributed by atoms with van der Waals surface area (Å²) in [7, 11) is 0. The summed E-state index contributed by atoms with van der Waals surface area (Å²) in [6.45, 7) is 2.86. The lowest BCUT2D eigenvalue weighted by molar-refractivity contribution is -0.132. The number of nitrogens with zero attached hydrogens (tertiary/aromatic N) is 2. The lowest BCUT2D eigenvalue weighted by atomic mass is 9.87. The van der Waals surface area contributed by atoms with Crippen molar-refractivity contribution in [2.75, 3.05) is 6.54 Å². The van der Waals surface area contributed by atoms with Crippen LogP contribution in [0.5, 0.6) is 0 Å². The van der Waals surface area contributed by atoms with Gasteiger partial charge in [-0.25, -0.2) is 0 Å². The lowest BCUT2D eigenvalue weighted by Crippen LogP contribution is -2.41. The monoisotopic (exact) mass is 342 g/mol. The van der Waals surface area contributed by atoms with E-state index in [1.54, 1.807) is 6.20 Å². The predicted molar refractivity (Wildman–Crippen MR) is 103 cm³/mol. The number of carbonyl (C=O) groups is 1. The second-order valence-electron chi connectivity index (χ2n) is 6.89. The van der Waals surface area contributed by atoms with Gasteiger partial charge in [0.1, 0.15) is 0 Å². The fourth-order valence-corrected chi connectivity index (χ4v) is 3.79. The molecule has 0 aliphatic carbocycles. The zero-order chi connectivity index (χ0) is 17.9. The second kappa shape index (κ2) is 7.12.